The second-order valence-electron chi connectivity index (χ2n) is 13.0. The minimum absolute atomic E-state index is 0.164. The van der Waals surface area contributed by atoms with Crippen molar-refractivity contribution >= 4 is 66.2 Å². The van der Waals surface area contributed by atoms with E-state index in [2.05, 4.69) is 150 Å². The third-order valence-electron chi connectivity index (χ3n) is 10.2. The molecule has 0 saturated heterocycles. The molecule has 5 nitrogen and oxygen atoms in total. The molecule has 49 heavy (non-hydrogen) atoms. The maximum absolute atomic E-state index is 6.48. The molecule has 2 aliphatic rings. The highest BCUT2D eigenvalue weighted by atomic mass is 16.3. The van der Waals surface area contributed by atoms with Crippen molar-refractivity contribution in [2.75, 3.05) is 7.05 Å². The molecule has 6 aromatic carbocycles. The van der Waals surface area contributed by atoms with Crippen molar-refractivity contribution in [2.24, 2.45) is 9.98 Å². The molecule has 234 valence electrons. The van der Waals surface area contributed by atoms with Gasteiger partial charge in [-0.3, -0.25) is 0 Å². The average Bonchev–Trinajstić information content (AvgIpc) is 3.72. The Morgan fingerprint density at radius 1 is 0.673 bits per heavy atom. The molecule has 8 aromatic rings. The molecule has 2 aromatic heterocycles. The monoisotopic (exact) mass is 632 g/mol. The van der Waals surface area contributed by atoms with Gasteiger partial charge in [0, 0.05) is 39.7 Å². The second kappa shape index (κ2) is 10.9. The molecule has 3 heterocycles. The number of aliphatic imine (C=N–C) groups is 2. The molecule has 2 atom stereocenters. The van der Waals surface area contributed by atoms with Crippen molar-refractivity contribution in [3.05, 3.63) is 168 Å². The Morgan fingerprint density at radius 2 is 1.43 bits per heavy atom. The zero-order chi connectivity index (χ0) is 32.5. The Morgan fingerprint density at radius 3 is 2.29 bits per heavy atom. The van der Waals surface area contributed by atoms with E-state index >= 15 is 0 Å². The lowest BCUT2D eigenvalue weighted by molar-refractivity contribution is 0.382. The number of aromatic nitrogens is 1. The van der Waals surface area contributed by atoms with Crippen LogP contribution in [0.4, 0.5) is 0 Å². The van der Waals surface area contributed by atoms with Crippen LogP contribution < -0.4 is 0 Å². The first-order valence-corrected chi connectivity index (χ1v) is 16.9. The third kappa shape index (κ3) is 4.32. The third-order valence-corrected chi connectivity index (χ3v) is 10.2. The standard InChI is InChI=1S/C44H32N4O/c1-47-43(30-13-3-2-4-14-30)45-42(46-44(47)36-19-11-18-34-33-16-8-10-21-39(33)49-41(34)36)29-22-25-31(26-23-29)48-37-20-9-7-17-35(37)40-32-15-6-5-12-28(32)24-27-38(40)48/h2-25,27,31,43H,26H2,1H3. The van der Waals surface area contributed by atoms with Gasteiger partial charge in [-0.1, -0.05) is 127 Å². The molecular formula is C44H32N4O. The summed E-state index contributed by atoms with van der Waals surface area (Å²) in [5, 5.41) is 7.35. The smallest absolute Gasteiger partial charge is 0.159 e. The van der Waals surface area contributed by atoms with Crippen LogP contribution in [0.3, 0.4) is 0 Å². The number of rotatable bonds is 4. The topological polar surface area (TPSA) is 46.0 Å². The Hall–Kier alpha value is -6.20. The van der Waals surface area contributed by atoms with Gasteiger partial charge in [0.1, 0.15) is 23.2 Å². The van der Waals surface area contributed by atoms with E-state index in [0.717, 1.165) is 56.7 Å². The summed E-state index contributed by atoms with van der Waals surface area (Å²) < 4.78 is 8.98. The van der Waals surface area contributed by atoms with E-state index in [1.807, 2.05) is 18.2 Å². The van der Waals surface area contributed by atoms with Gasteiger partial charge in [-0.2, -0.15) is 0 Å². The number of hydrogen-bond donors (Lipinski definition) is 0. The van der Waals surface area contributed by atoms with E-state index < -0.39 is 0 Å². The normalized spacial score (nSPS) is 18.1. The van der Waals surface area contributed by atoms with Crippen LogP contribution in [-0.4, -0.2) is 28.2 Å². The largest absolute Gasteiger partial charge is 0.455 e. The predicted octanol–water partition coefficient (Wildman–Crippen LogP) is 10.8. The van der Waals surface area contributed by atoms with Gasteiger partial charge in [0.25, 0.3) is 0 Å². The number of nitrogens with zero attached hydrogens (tertiary/aromatic N) is 4. The number of benzene rings is 6. The summed E-state index contributed by atoms with van der Waals surface area (Å²) in [6.45, 7) is 0. The molecular weight excluding hydrogens is 601 g/mol. The summed E-state index contributed by atoms with van der Waals surface area (Å²) in [4.78, 5) is 12.7. The van der Waals surface area contributed by atoms with E-state index in [-0.39, 0.29) is 12.2 Å². The van der Waals surface area contributed by atoms with Crippen LogP contribution >= 0.6 is 0 Å². The first kappa shape index (κ1) is 27.9. The minimum Gasteiger partial charge on any atom is -0.455 e. The van der Waals surface area contributed by atoms with Crippen LogP contribution in [0.25, 0.3) is 54.5 Å². The van der Waals surface area contributed by atoms with Gasteiger partial charge in [0.2, 0.25) is 0 Å². The van der Waals surface area contributed by atoms with Crippen molar-refractivity contribution in [3.8, 4) is 0 Å². The number of fused-ring (bicyclic) bond motifs is 8. The summed E-state index contributed by atoms with van der Waals surface area (Å²) >= 11 is 0. The zero-order valence-electron chi connectivity index (χ0n) is 27.0. The minimum atomic E-state index is -0.235. The fraction of sp³-hybridized carbons (Fsp3) is 0.0909. The number of allylic oxidation sites excluding steroid dienone is 2. The fourth-order valence-electron chi connectivity index (χ4n) is 7.85. The molecule has 0 saturated carbocycles. The summed E-state index contributed by atoms with van der Waals surface area (Å²) in [5.74, 6) is 1.58. The van der Waals surface area contributed by atoms with Gasteiger partial charge in [0.15, 0.2) is 5.84 Å². The van der Waals surface area contributed by atoms with E-state index in [1.165, 1.54) is 32.6 Å². The highest BCUT2D eigenvalue weighted by Crippen LogP contribution is 2.40. The van der Waals surface area contributed by atoms with Gasteiger partial charge in [-0.15, -0.1) is 0 Å². The Balaban J connectivity index is 1.08. The molecule has 5 heteroatoms. The van der Waals surface area contributed by atoms with E-state index in [9.17, 15) is 0 Å². The maximum Gasteiger partial charge on any atom is 0.159 e. The maximum atomic E-state index is 6.48. The molecule has 0 spiro atoms. The molecule has 0 amide bonds. The lowest BCUT2D eigenvalue weighted by Gasteiger charge is -2.33. The molecule has 2 unspecified atom stereocenters. The zero-order valence-corrected chi connectivity index (χ0v) is 27.0. The summed E-state index contributed by atoms with van der Waals surface area (Å²) in [7, 11) is 2.07. The molecule has 0 N–H and O–H groups in total. The van der Waals surface area contributed by atoms with Crippen molar-refractivity contribution < 1.29 is 4.42 Å². The summed E-state index contributed by atoms with van der Waals surface area (Å²) in [6.07, 6.45) is 7.44. The first-order chi connectivity index (χ1) is 24.2. The molecule has 0 bridgehead atoms. The highest BCUT2D eigenvalue weighted by molar-refractivity contribution is 6.21. The summed E-state index contributed by atoms with van der Waals surface area (Å²) in [5.41, 5.74) is 7.33. The van der Waals surface area contributed by atoms with Crippen LogP contribution in [0, 0.1) is 0 Å². The van der Waals surface area contributed by atoms with Gasteiger partial charge < -0.3 is 13.9 Å². The van der Waals surface area contributed by atoms with Crippen LogP contribution in [-0.2, 0) is 0 Å². The van der Waals surface area contributed by atoms with E-state index in [1.54, 1.807) is 0 Å². The quantitative estimate of drug-likeness (QED) is 0.194. The SMILES string of the molecule is CN1C(c2cccc3c2oc2ccccc23)=NC(C2=CCC(n3c4ccccc4c4c5ccccc5ccc43)C=C2)=NC1c1ccccc1. The summed E-state index contributed by atoms with van der Waals surface area (Å²) in [6, 6.07) is 47.2. The van der Waals surface area contributed by atoms with Crippen LogP contribution in [0.1, 0.15) is 29.8 Å². The Bertz CT molecular complexity index is 2730. The Kier molecular flexibility index (Phi) is 6.21. The van der Waals surface area contributed by atoms with Crippen molar-refractivity contribution in [2.45, 2.75) is 18.6 Å². The van der Waals surface area contributed by atoms with Crippen molar-refractivity contribution in [1.29, 1.82) is 0 Å². The fourth-order valence-corrected chi connectivity index (χ4v) is 7.85. The lowest BCUT2D eigenvalue weighted by Crippen LogP contribution is -2.36. The highest BCUT2D eigenvalue weighted by Gasteiger charge is 2.30. The number of furan rings is 1. The van der Waals surface area contributed by atoms with Gasteiger partial charge in [-0.25, -0.2) is 9.98 Å². The molecule has 1 aliphatic heterocycles. The van der Waals surface area contributed by atoms with Crippen LogP contribution in [0.15, 0.2) is 172 Å². The lowest BCUT2D eigenvalue weighted by atomic mass is 10.00. The van der Waals surface area contributed by atoms with Gasteiger partial charge in [0.05, 0.1) is 17.1 Å². The Labute approximate surface area is 283 Å². The van der Waals surface area contributed by atoms with Crippen LogP contribution in [0.2, 0.25) is 0 Å². The number of amidine groups is 2. The molecule has 10 rings (SSSR count). The molecule has 1 aliphatic carbocycles. The van der Waals surface area contributed by atoms with E-state index in [0.29, 0.717) is 0 Å². The predicted molar refractivity (Wildman–Crippen MR) is 202 cm³/mol. The molecule has 0 fully saturated rings. The van der Waals surface area contributed by atoms with Crippen molar-refractivity contribution in [1.82, 2.24) is 9.47 Å². The first-order valence-electron chi connectivity index (χ1n) is 16.9. The number of hydrogen-bond acceptors (Lipinski definition) is 4. The van der Waals surface area contributed by atoms with Gasteiger partial charge in [-0.05, 0) is 47.0 Å². The molecule has 0 radical (unpaired) electrons. The second-order valence-corrected chi connectivity index (χ2v) is 13.0. The number of para-hydroxylation sites is 3. The van der Waals surface area contributed by atoms with Gasteiger partial charge >= 0.3 is 0 Å². The van der Waals surface area contributed by atoms with E-state index in [4.69, 9.17) is 14.4 Å². The van der Waals surface area contributed by atoms with Crippen molar-refractivity contribution in [3.63, 3.8) is 0 Å². The van der Waals surface area contributed by atoms with Crippen LogP contribution in [0.5, 0.6) is 0 Å². The average molecular weight is 633 g/mol.